The Morgan fingerprint density at radius 3 is 2.85 bits per heavy atom. The van der Waals surface area contributed by atoms with E-state index < -0.39 is 0 Å². The van der Waals surface area contributed by atoms with Crippen LogP contribution >= 0.6 is 0 Å². The standard InChI is InChI=1S/C16H18N4/c1-11-4-5-12(2)15(6-11)17-8-14-9-18-16-7-13(3)19-20(16)10-14/h4-7,9-10,17H,8H2,1-3H3. The quantitative estimate of drug-likeness (QED) is 0.791. The fourth-order valence-corrected chi connectivity index (χ4v) is 2.25. The van der Waals surface area contributed by atoms with Gasteiger partial charge in [0.1, 0.15) is 0 Å². The van der Waals surface area contributed by atoms with Crippen molar-refractivity contribution in [2.75, 3.05) is 5.32 Å². The van der Waals surface area contributed by atoms with Crippen LogP contribution < -0.4 is 5.32 Å². The molecule has 3 aromatic rings. The van der Waals surface area contributed by atoms with Gasteiger partial charge in [-0.25, -0.2) is 9.50 Å². The average Bonchev–Trinajstić information content (AvgIpc) is 2.79. The summed E-state index contributed by atoms with van der Waals surface area (Å²) in [5.74, 6) is 0. The Morgan fingerprint density at radius 1 is 1.15 bits per heavy atom. The molecule has 1 aromatic carbocycles. The first-order chi connectivity index (χ1) is 9.61. The van der Waals surface area contributed by atoms with Gasteiger partial charge in [-0.3, -0.25) is 0 Å². The van der Waals surface area contributed by atoms with E-state index in [0.717, 1.165) is 23.4 Å². The van der Waals surface area contributed by atoms with Crippen LogP contribution in [0.3, 0.4) is 0 Å². The van der Waals surface area contributed by atoms with Crippen molar-refractivity contribution in [1.82, 2.24) is 14.6 Å². The van der Waals surface area contributed by atoms with Crippen LogP contribution in [0.5, 0.6) is 0 Å². The summed E-state index contributed by atoms with van der Waals surface area (Å²) in [6.45, 7) is 6.93. The molecule has 4 heteroatoms. The molecule has 0 atom stereocenters. The third-order valence-corrected chi connectivity index (χ3v) is 3.36. The first-order valence-corrected chi connectivity index (χ1v) is 6.74. The van der Waals surface area contributed by atoms with E-state index in [1.165, 1.54) is 16.8 Å². The van der Waals surface area contributed by atoms with Gasteiger partial charge in [0.15, 0.2) is 5.65 Å². The molecule has 0 aliphatic carbocycles. The molecule has 0 amide bonds. The highest BCUT2D eigenvalue weighted by Gasteiger charge is 2.02. The molecule has 3 rings (SSSR count). The van der Waals surface area contributed by atoms with Crippen molar-refractivity contribution in [2.24, 2.45) is 0 Å². The minimum absolute atomic E-state index is 0.742. The van der Waals surface area contributed by atoms with E-state index in [4.69, 9.17) is 0 Å². The van der Waals surface area contributed by atoms with Crippen LogP contribution in [0.25, 0.3) is 5.65 Å². The highest BCUT2D eigenvalue weighted by atomic mass is 15.2. The smallest absolute Gasteiger partial charge is 0.155 e. The van der Waals surface area contributed by atoms with Gasteiger partial charge in [-0.2, -0.15) is 5.10 Å². The molecule has 0 saturated carbocycles. The van der Waals surface area contributed by atoms with Gasteiger partial charge in [0, 0.05) is 36.3 Å². The fraction of sp³-hybridized carbons (Fsp3) is 0.250. The molecular weight excluding hydrogens is 248 g/mol. The third-order valence-electron chi connectivity index (χ3n) is 3.36. The number of hydrogen-bond donors (Lipinski definition) is 1. The molecule has 4 nitrogen and oxygen atoms in total. The second-order valence-electron chi connectivity index (χ2n) is 5.22. The molecule has 102 valence electrons. The number of aromatic nitrogens is 3. The van der Waals surface area contributed by atoms with Crippen molar-refractivity contribution in [3.8, 4) is 0 Å². The minimum Gasteiger partial charge on any atom is -0.381 e. The van der Waals surface area contributed by atoms with Crippen LogP contribution in [0.1, 0.15) is 22.4 Å². The zero-order chi connectivity index (χ0) is 14.1. The van der Waals surface area contributed by atoms with Crippen LogP contribution in [0.2, 0.25) is 0 Å². The summed E-state index contributed by atoms with van der Waals surface area (Å²) in [7, 11) is 0. The van der Waals surface area contributed by atoms with Gasteiger partial charge in [-0.1, -0.05) is 12.1 Å². The summed E-state index contributed by atoms with van der Waals surface area (Å²) in [6, 6.07) is 8.40. The molecule has 0 aliphatic rings. The van der Waals surface area contributed by atoms with E-state index in [1.54, 1.807) is 0 Å². The van der Waals surface area contributed by atoms with Crippen molar-refractivity contribution >= 4 is 11.3 Å². The molecule has 0 spiro atoms. The summed E-state index contributed by atoms with van der Waals surface area (Å²) in [6.07, 6.45) is 3.92. The summed E-state index contributed by atoms with van der Waals surface area (Å²) >= 11 is 0. The number of nitrogens with one attached hydrogen (secondary N) is 1. The lowest BCUT2D eigenvalue weighted by Gasteiger charge is -2.10. The normalized spacial score (nSPS) is 10.9. The topological polar surface area (TPSA) is 42.2 Å². The Labute approximate surface area is 118 Å². The zero-order valence-electron chi connectivity index (χ0n) is 12.0. The Bertz CT molecular complexity index is 758. The Kier molecular flexibility index (Phi) is 3.14. The molecule has 2 aromatic heterocycles. The minimum atomic E-state index is 0.742. The second-order valence-corrected chi connectivity index (χ2v) is 5.22. The van der Waals surface area contributed by atoms with Crippen LogP contribution in [0.4, 0.5) is 5.69 Å². The molecule has 0 unspecified atom stereocenters. The van der Waals surface area contributed by atoms with Crippen LogP contribution in [0.15, 0.2) is 36.7 Å². The predicted molar refractivity (Wildman–Crippen MR) is 81.0 cm³/mol. The number of fused-ring (bicyclic) bond motifs is 1. The number of nitrogens with zero attached hydrogens (tertiary/aromatic N) is 3. The zero-order valence-corrected chi connectivity index (χ0v) is 12.0. The summed E-state index contributed by atoms with van der Waals surface area (Å²) in [4.78, 5) is 4.41. The molecule has 0 fully saturated rings. The molecule has 0 radical (unpaired) electrons. The number of benzene rings is 1. The highest BCUT2D eigenvalue weighted by Crippen LogP contribution is 2.17. The monoisotopic (exact) mass is 266 g/mol. The molecule has 0 aliphatic heterocycles. The average molecular weight is 266 g/mol. The summed E-state index contributed by atoms with van der Waals surface area (Å²) < 4.78 is 1.83. The van der Waals surface area contributed by atoms with Crippen molar-refractivity contribution in [3.63, 3.8) is 0 Å². The van der Waals surface area contributed by atoms with E-state index in [9.17, 15) is 0 Å². The number of rotatable bonds is 3. The van der Waals surface area contributed by atoms with Crippen LogP contribution in [0, 0.1) is 20.8 Å². The van der Waals surface area contributed by atoms with Gasteiger partial charge in [0.05, 0.1) is 5.69 Å². The van der Waals surface area contributed by atoms with Crippen LogP contribution in [-0.2, 0) is 6.54 Å². The van der Waals surface area contributed by atoms with E-state index in [-0.39, 0.29) is 0 Å². The van der Waals surface area contributed by atoms with Gasteiger partial charge >= 0.3 is 0 Å². The lowest BCUT2D eigenvalue weighted by molar-refractivity contribution is 0.895. The third kappa shape index (κ3) is 2.50. The van der Waals surface area contributed by atoms with E-state index in [2.05, 4.69) is 47.4 Å². The molecule has 0 bridgehead atoms. The molecule has 0 saturated heterocycles. The first-order valence-electron chi connectivity index (χ1n) is 6.74. The maximum atomic E-state index is 4.41. The second kappa shape index (κ2) is 4.96. The number of hydrogen-bond acceptors (Lipinski definition) is 3. The van der Waals surface area contributed by atoms with Gasteiger partial charge in [0.2, 0.25) is 0 Å². The van der Waals surface area contributed by atoms with E-state index >= 15 is 0 Å². The maximum Gasteiger partial charge on any atom is 0.155 e. The lowest BCUT2D eigenvalue weighted by Crippen LogP contribution is -2.03. The molecule has 20 heavy (non-hydrogen) atoms. The number of anilines is 1. The first kappa shape index (κ1) is 12.7. The van der Waals surface area contributed by atoms with Crippen molar-refractivity contribution < 1.29 is 0 Å². The van der Waals surface area contributed by atoms with Crippen molar-refractivity contribution in [2.45, 2.75) is 27.3 Å². The predicted octanol–water partition coefficient (Wildman–Crippen LogP) is 3.27. The van der Waals surface area contributed by atoms with Crippen molar-refractivity contribution in [3.05, 3.63) is 59.0 Å². The van der Waals surface area contributed by atoms with E-state index in [0.29, 0.717) is 0 Å². The molecule has 2 heterocycles. The van der Waals surface area contributed by atoms with Gasteiger partial charge in [0.25, 0.3) is 0 Å². The maximum absolute atomic E-state index is 4.41. The number of aryl methyl sites for hydroxylation is 3. The van der Waals surface area contributed by atoms with Crippen molar-refractivity contribution in [1.29, 1.82) is 0 Å². The largest absolute Gasteiger partial charge is 0.381 e. The Balaban J connectivity index is 1.80. The molecular formula is C16H18N4. The van der Waals surface area contributed by atoms with Crippen LogP contribution in [-0.4, -0.2) is 14.6 Å². The van der Waals surface area contributed by atoms with E-state index in [1.807, 2.05) is 29.9 Å². The van der Waals surface area contributed by atoms with Gasteiger partial charge in [-0.05, 0) is 38.0 Å². The SMILES string of the molecule is Cc1ccc(C)c(NCc2cnc3cc(C)nn3c2)c1. The summed E-state index contributed by atoms with van der Waals surface area (Å²) in [5, 5.41) is 7.85. The summed E-state index contributed by atoms with van der Waals surface area (Å²) in [5.41, 5.74) is 6.66. The lowest BCUT2D eigenvalue weighted by atomic mass is 10.1. The fourth-order valence-electron chi connectivity index (χ4n) is 2.25. The van der Waals surface area contributed by atoms with Gasteiger partial charge < -0.3 is 5.32 Å². The Morgan fingerprint density at radius 2 is 2.00 bits per heavy atom. The highest BCUT2D eigenvalue weighted by molar-refractivity contribution is 5.52. The van der Waals surface area contributed by atoms with Gasteiger partial charge in [-0.15, -0.1) is 0 Å². The Hall–Kier alpha value is -2.36. The molecule has 1 N–H and O–H groups in total.